The second kappa shape index (κ2) is 8.87. The number of halogens is 3. The van der Waals surface area contributed by atoms with Crippen LogP contribution in [-0.4, -0.2) is 55.2 Å². The maximum absolute atomic E-state index is 12.8. The predicted molar refractivity (Wildman–Crippen MR) is 107 cm³/mol. The Bertz CT molecular complexity index is 1080. The van der Waals surface area contributed by atoms with E-state index in [0.717, 1.165) is 17.7 Å². The van der Waals surface area contributed by atoms with Gasteiger partial charge in [-0.25, -0.2) is 4.68 Å². The monoisotopic (exact) mass is 444 g/mol. The molecule has 1 saturated heterocycles. The van der Waals surface area contributed by atoms with Gasteiger partial charge in [0.05, 0.1) is 42.9 Å². The van der Waals surface area contributed by atoms with Gasteiger partial charge in [0.1, 0.15) is 5.69 Å². The van der Waals surface area contributed by atoms with Gasteiger partial charge in [0, 0.05) is 18.7 Å². The Hall–Kier alpha value is -3.60. The lowest BCUT2D eigenvalue weighted by Gasteiger charge is -2.19. The van der Waals surface area contributed by atoms with Gasteiger partial charge < -0.3 is 9.64 Å². The summed E-state index contributed by atoms with van der Waals surface area (Å²) in [5, 5.41) is 15.9. The summed E-state index contributed by atoms with van der Waals surface area (Å²) >= 11 is 0. The van der Waals surface area contributed by atoms with Gasteiger partial charge >= 0.3 is 6.18 Å². The molecule has 8 nitrogen and oxygen atoms in total. The molecular formula is C21H19F3N6O2. The summed E-state index contributed by atoms with van der Waals surface area (Å²) in [6.07, 6.45) is 1.24. The van der Waals surface area contributed by atoms with Crippen LogP contribution in [0.2, 0.25) is 0 Å². The number of benzene rings is 1. The van der Waals surface area contributed by atoms with Crippen LogP contribution < -0.4 is 0 Å². The first-order valence-corrected chi connectivity index (χ1v) is 9.73. The van der Waals surface area contributed by atoms with Crippen LogP contribution in [0.15, 0.2) is 61.6 Å². The first kappa shape index (κ1) is 21.6. The van der Waals surface area contributed by atoms with E-state index in [1.165, 1.54) is 18.2 Å². The molecule has 0 saturated carbocycles. The van der Waals surface area contributed by atoms with Crippen molar-refractivity contribution in [1.82, 2.24) is 30.1 Å². The van der Waals surface area contributed by atoms with Crippen LogP contribution in [0.25, 0.3) is 11.3 Å². The number of amides is 1. The second-order valence-electron chi connectivity index (χ2n) is 7.27. The van der Waals surface area contributed by atoms with Gasteiger partial charge in [-0.15, -0.1) is 5.10 Å². The Morgan fingerprint density at radius 1 is 1.19 bits per heavy atom. The average Bonchev–Trinajstić information content (AvgIpc) is 3.45. The molecule has 4 rings (SSSR count). The van der Waals surface area contributed by atoms with Gasteiger partial charge in [0.15, 0.2) is 0 Å². The SMILES string of the molecule is C=CC(=O)N1CC(OCc2ccc(C(F)(F)F)cc2)C(n2cc(-c3ccnnc3)nn2)C1. The van der Waals surface area contributed by atoms with Crippen molar-refractivity contribution >= 4 is 5.91 Å². The van der Waals surface area contributed by atoms with Crippen LogP contribution in [0.1, 0.15) is 17.2 Å². The molecule has 1 amide bonds. The molecule has 0 bridgehead atoms. The minimum atomic E-state index is -4.39. The molecule has 32 heavy (non-hydrogen) atoms. The first-order chi connectivity index (χ1) is 15.3. The first-order valence-electron chi connectivity index (χ1n) is 9.73. The standard InChI is InChI=1S/C21H19F3N6O2/c1-2-20(31)29-11-18(30-10-17(27-28-30)15-7-8-25-26-9-15)19(12-29)32-13-14-3-5-16(6-4-14)21(22,23)24/h2-10,18-19H,1,11-13H2. The van der Waals surface area contributed by atoms with E-state index in [4.69, 9.17) is 4.74 Å². The topological polar surface area (TPSA) is 86.0 Å². The number of hydrogen-bond acceptors (Lipinski definition) is 6. The summed E-state index contributed by atoms with van der Waals surface area (Å²) in [5.74, 6) is -0.241. The highest BCUT2D eigenvalue weighted by molar-refractivity contribution is 5.87. The number of nitrogens with zero attached hydrogens (tertiary/aromatic N) is 6. The molecule has 1 aliphatic rings. The molecule has 1 fully saturated rings. The maximum atomic E-state index is 12.8. The molecule has 0 spiro atoms. The zero-order valence-corrected chi connectivity index (χ0v) is 16.8. The lowest BCUT2D eigenvalue weighted by atomic mass is 10.1. The van der Waals surface area contributed by atoms with Crippen LogP contribution in [0, 0.1) is 0 Å². The van der Waals surface area contributed by atoms with E-state index >= 15 is 0 Å². The molecule has 2 unspecified atom stereocenters. The smallest absolute Gasteiger partial charge is 0.369 e. The van der Waals surface area contributed by atoms with Crippen LogP contribution in [-0.2, 0) is 22.3 Å². The third kappa shape index (κ3) is 4.67. The van der Waals surface area contributed by atoms with E-state index in [9.17, 15) is 18.0 Å². The summed E-state index contributed by atoms with van der Waals surface area (Å²) in [7, 11) is 0. The van der Waals surface area contributed by atoms with Crippen LogP contribution in [0.3, 0.4) is 0 Å². The minimum absolute atomic E-state index is 0.0885. The van der Waals surface area contributed by atoms with E-state index in [1.807, 2.05) is 0 Å². The van der Waals surface area contributed by atoms with Crippen LogP contribution >= 0.6 is 0 Å². The molecular weight excluding hydrogens is 425 g/mol. The molecule has 2 atom stereocenters. The lowest BCUT2D eigenvalue weighted by Crippen LogP contribution is -2.28. The zero-order valence-electron chi connectivity index (χ0n) is 16.8. The summed E-state index contributed by atoms with van der Waals surface area (Å²) in [5.41, 5.74) is 1.20. The van der Waals surface area contributed by atoms with Gasteiger partial charge in [0.25, 0.3) is 0 Å². The van der Waals surface area contributed by atoms with Crippen molar-refractivity contribution in [3.63, 3.8) is 0 Å². The second-order valence-corrected chi connectivity index (χ2v) is 7.27. The Labute approximate surface area is 181 Å². The van der Waals surface area contributed by atoms with E-state index in [2.05, 4.69) is 27.1 Å². The molecule has 0 aliphatic carbocycles. The highest BCUT2D eigenvalue weighted by Gasteiger charge is 2.37. The molecule has 0 radical (unpaired) electrons. The Kier molecular flexibility index (Phi) is 5.99. The maximum Gasteiger partial charge on any atom is 0.416 e. The molecule has 1 aliphatic heterocycles. The fourth-order valence-electron chi connectivity index (χ4n) is 3.49. The van der Waals surface area contributed by atoms with Crippen molar-refractivity contribution in [1.29, 1.82) is 0 Å². The van der Waals surface area contributed by atoms with Gasteiger partial charge in [-0.2, -0.15) is 23.4 Å². The van der Waals surface area contributed by atoms with Gasteiger partial charge in [0.2, 0.25) is 5.91 Å². The van der Waals surface area contributed by atoms with Crippen molar-refractivity contribution in [2.45, 2.75) is 24.9 Å². The predicted octanol–water partition coefficient (Wildman–Crippen LogP) is 2.91. The molecule has 11 heteroatoms. The quantitative estimate of drug-likeness (QED) is 0.544. The van der Waals surface area contributed by atoms with Crippen molar-refractivity contribution in [2.24, 2.45) is 0 Å². The fourth-order valence-corrected chi connectivity index (χ4v) is 3.49. The molecule has 3 aromatic rings. The normalized spacial score (nSPS) is 18.7. The summed E-state index contributed by atoms with van der Waals surface area (Å²) in [6, 6.07) is 6.22. The number of hydrogen-bond donors (Lipinski definition) is 0. The number of alkyl halides is 3. The van der Waals surface area contributed by atoms with Crippen LogP contribution in [0.5, 0.6) is 0 Å². The minimum Gasteiger partial charge on any atom is -0.369 e. The molecule has 166 valence electrons. The third-order valence-corrected chi connectivity index (χ3v) is 5.20. The van der Waals surface area contributed by atoms with E-state index in [0.29, 0.717) is 24.3 Å². The van der Waals surface area contributed by atoms with E-state index in [1.54, 1.807) is 34.2 Å². The average molecular weight is 444 g/mol. The summed E-state index contributed by atoms with van der Waals surface area (Å²) in [4.78, 5) is 13.7. The van der Waals surface area contributed by atoms with Crippen LogP contribution in [0.4, 0.5) is 13.2 Å². The molecule has 1 aromatic carbocycles. The number of ether oxygens (including phenoxy) is 1. The molecule has 0 N–H and O–H groups in total. The van der Waals surface area contributed by atoms with Crippen molar-refractivity contribution in [3.8, 4) is 11.3 Å². The van der Waals surface area contributed by atoms with Gasteiger partial charge in [-0.3, -0.25) is 4.79 Å². The van der Waals surface area contributed by atoms with Crippen molar-refractivity contribution in [3.05, 3.63) is 72.7 Å². The number of likely N-dealkylation sites (tertiary alicyclic amines) is 1. The molecule has 3 heterocycles. The van der Waals surface area contributed by atoms with Crippen molar-refractivity contribution in [2.75, 3.05) is 13.1 Å². The molecule has 2 aromatic heterocycles. The summed E-state index contributed by atoms with van der Waals surface area (Å²) in [6.45, 7) is 4.24. The Morgan fingerprint density at radius 2 is 1.97 bits per heavy atom. The van der Waals surface area contributed by atoms with E-state index in [-0.39, 0.29) is 18.6 Å². The fraction of sp³-hybridized carbons (Fsp3) is 0.286. The van der Waals surface area contributed by atoms with Gasteiger partial charge in [-0.1, -0.05) is 23.9 Å². The van der Waals surface area contributed by atoms with Gasteiger partial charge in [-0.05, 0) is 29.8 Å². The zero-order chi connectivity index (χ0) is 22.7. The van der Waals surface area contributed by atoms with E-state index < -0.39 is 17.8 Å². The Balaban J connectivity index is 1.50. The number of carbonyl (C=O) groups excluding carboxylic acids is 1. The largest absolute Gasteiger partial charge is 0.416 e. The number of aromatic nitrogens is 5. The third-order valence-electron chi connectivity index (χ3n) is 5.20. The summed E-state index contributed by atoms with van der Waals surface area (Å²) < 4.78 is 45.9. The Morgan fingerprint density at radius 3 is 2.62 bits per heavy atom. The highest BCUT2D eigenvalue weighted by Crippen LogP contribution is 2.30. The number of carbonyl (C=O) groups is 1. The highest BCUT2D eigenvalue weighted by atomic mass is 19.4. The van der Waals surface area contributed by atoms with Crippen molar-refractivity contribution < 1.29 is 22.7 Å². The number of rotatable bonds is 6. The lowest BCUT2D eigenvalue weighted by molar-refractivity contribution is -0.137.